The average Bonchev–Trinajstić information content (AvgIpc) is 2.63. The number of benzene rings is 3. The van der Waals surface area contributed by atoms with Gasteiger partial charge in [-0.25, -0.2) is 0 Å². The normalized spacial score (nSPS) is 11.0. The largest absolute Gasteiger partial charge is 0.455 e. The molecule has 0 atom stereocenters. The van der Waals surface area contributed by atoms with Crippen LogP contribution >= 0.6 is 31.9 Å². The van der Waals surface area contributed by atoms with Crippen LogP contribution in [0.1, 0.15) is 0 Å². The van der Waals surface area contributed by atoms with Crippen molar-refractivity contribution in [1.82, 2.24) is 0 Å². The Balaban J connectivity index is 2.11. The first kappa shape index (κ1) is 16.3. The van der Waals surface area contributed by atoms with Crippen molar-refractivity contribution in [2.45, 2.75) is 0 Å². The van der Waals surface area contributed by atoms with Crippen molar-refractivity contribution in [2.75, 3.05) is 0 Å². The zero-order chi connectivity index (χ0) is 17.4. The lowest BCUT2D eigenvalue weighted by atomic mass is 9.98. The molecule has 3 aromatic carbocycles. The predicted octanol–water partition coefficient (Wildman–Crippen LogP) is 6.65. The molecule has 122 valence electrons. The monoisotopic (exact) mass is 454 g/mol. The predicted molar refractivity (Wildman–Crippen MR) is 109 cm³/mol. The second-order valence-electron chi connectivity index (χ2n) is 5.65. The highest BCUT2D eigenvalue weighted by Gasteiger charge is 2.17. The minimum Gasteiger partial charge on any atom is -0.455 e. The summed E-state index contributed by atoms with van der Waals surface area (Å²) in [5.41, 5.74) is 2.82. The van der Waals surface area contributed by atoms with Crippen molar-refractivity contribution in [2.24, 2.45) is 0 Å². The highest BCUT2D eigenvalue weighted by Crippen LogP contribution is 2.33. The van der Waals surface area contributed by atoms with Gasteiger partial charge in [0.05, 0.1) is 10.9 Å². The molecular formula is C21H12Br2O2. The first-order chi connectivity index (χ1) is 12.1. The molecule has 0 radical (unpaired) electrons. The quantitative estimate of drug-likeness (QED) is 0.338. The molecule has 0 fully saturated rings. The van der Waals surface area contributed by atoms with Crippen LogP contribution in [0.4, 0.5) is 0 Å². The van der Waals surface area contributed by atoms with E-state index >= 15 is 0 Å². The lowest BCUT2D eigenvalue weighted by Crippen LogP contribution is -2.07. The van der Waals surface area contributed by atoms with E-state index in [2.05, 4.69) is 31.9 Å². The van der Waals surface area contributed by atoms with E-state index in [9.17, 15) is 4.79 Å². The molecule has 2 nitrogen and oxygen atoms in total. The summed E-state index contributed by atoms with van der Waals surface area (Å²) in [7, 11) is 0. The summed E-state index contributed by atoms with van der Waals surface area (Å²) >= 11 is 6.88. The van der Waals surface area contributed by atoms with Gasteiger partial charge < -0.3 is 4.42 Å². The van der Waals surface area contributed by atoms with Crippen LogP contribution in [0.3, 0.4) is 0 Å². The van der Waals surface area contributed by atoms with Gasteiger partial charge in [0.15, 0.2) is 0 Å². The zero-order valence-corrected chi connectivity index (χ0v) is 16.2. The van der Waals surface area contributed by atoms with Gasteiger partial charge in [0.2, 0.25) is 5.43 Å². The van der Waals surface area contributed by atoms with E-state index in [1.54, 1.807) is 6.07 Å². The Kier molecular flexibility index (Phi) is 4.32. The second-order valence-corrected chi connectivity index (χ2v) is 7.48. The van der Waals surface area contributed by atoms with Crippen LogP contribution in [0.2, 0.25) is 0 Å². The molecular weight excluding hydrogens is 444 g/mol. The van der Waals surface area contributed by atoms with E-state index in [4.69, 9.17) is 4.42 Å². The molecule has 25 heavy (non-hydrogen) atoms. The first-order valence-corrected chi connectivity index (χ1v) is 9.30. The molecule has 0 unspecified atom stereocenters. The second kappa shape index (κ2) is 6.62. The number of fused-ring (bicyclic) bond motifs is 1. The molecule has 4 aromatic rings. The summed E-state index contributed by atoms with van der Waals surface area (Å²) < 4.78 is 8.02. The summed E-state index contributed by atoms with van der Waals surface area (Å²) in [4.78, 5) is 13.2. The molecule has 0 spiro atoms. The maximum Gasteiger partial charge on any atom is 0.201 e. The Morgan fingerprint density at radius 3 is 2.12 bits per heavy atom. The molecule has 0 saturated heterocycles. The van der Waals surface area contributed by atoms with Gasteiger partial charge in [0, 0.05) is 14.5 Å². The average molecular weight is 456 g/mol. The van der Waals surface area contributed by atoms with Crippen LogP contribution < -0.4 is 5.43 Å². The Morgan fingerprint density at radius 1 is 0.720 bits per heavy atom. The number of rotatable bonds is 2. The van der Waals surface area contributed by atoms with Crippen LogP contribution in [0, 0.1) is 0 Å². The molecule has 4 rings (SSSR count). The lowest BCUT2D eigenvalue weighted by Gasteiger charge is -2.11. The van der Waals surface area contributed by atoms with E-state index in [1.807, 2.05) is 66.7 Å². The minimum absolute atomic E-state index is 0.0325. The van der Waals surface area contributed by atoms with Crippen LogP contribution in [0.25, 0.3) is 33.4 Å². The van der Waals surface area contributed by atoms with Crippen LogP contribution in [0.15, 0.2) is 91.0 Å². The van der Waals surface area contributed by atoms with Crippen molar-refractivity contribution in [3.63, 3.8) is 0 Å². The molecule has 4 heteroatoms. The van der Waals surface area contributed by atoms with Gasteiger partial charge in [-0.15, -0.1) is 0 Å². The van der Waals surface area contributed by atoms with E-state index in [0.29, 0.717) is 22.3 Å². The summed E-state index contributed by atoms with van der Waals surface area (Å²) in [5.74, 6) is 0.582. The maximum atomic E-state index is 13.2. The Bertz CT molecular complexity index is 1110. The molecule has 1 heterocycles. The van der Waals surface area contributed by atoms with Crippen molar-refractivity contribution in [3.05, 3.63) is 92.0 Å². The van der Waals surface area contributed by atoms with Gasteiger partial charge in [-0.2, -0.15) is 0 Å². The third-order valence-electron chi connectivity index (χ3n) is 4.02. The molecule has 0 amide bonds. The molecule has 0 aliphatic rings. The molecule has 1 aromatic heterocycles. The van der Waals surface area contributed by atoms with E-state index in [1.165, 1.54) is 0 Å². The molecule has 0 N–H and O–H groups in total. The van der Waals surface area contributed by atoms with Gasteiger partial charge in [-0.3, -0.25) is 4.79 Å². The lowest BCUT2D eigenvalue weighted by molar-refractivity contribution is 0.620. The Hall–Kier alpha value is -2.17. The summed E-state index contributed by atoms with van der Waals surface area (Å²) in [6.07, 6.45) is 0. The van der Waals surface area contributed by atoms with Gasteiger partial charge in [-0.1, -0.05) is 74.3 Å². The topological polar surface area (TPSA) is 30.2 Å². The van der Waals surface area contributed by atoms with Gasteiger partial charge in [0.25, 0.3) is 0 Å². The van der Waals surface area contributed by atoms with Crippen LogP contribution in [-0.4, -0.2) is 0 Å². The number of hydrogen-bond acceptors (Lipinski definition) is 2. The van der Waals surface area contributed by atoms with Crippen LogP contribution in [-0.2, 0) is 0 Å². The maximum absolute atomic E-state index is 13.2. The van der Waals surface area contributed by atoms with E-state index in [0.717, 1.165) is 20.1 Å². The fraction of sp³-hybridized carbons (Fsp3) is 0. The summed E-state index contributed by atoms with van der Waals surface area (Å²) in [5, 5.41) is 0.570. The molecule has 0 bridgehead atoms. The summed E-state index contributed by atoms with van der Waals surface area (Å²) in [6.45, 7) is 0. The summed E-state index contributed by atoms with van der Waals surface area (Å²) in [6, 6.07) is 22.9. The molecule has 0 aliphatic heterocycles. The highest BCUT2D eigenvalue weighted by atomic mass is 79.9. The van der Waals surface area contributed by atoms with E-state index in [-0.39, 0.29) is 5.43 Å². The number of halogens is 2. The standard InChI is InChI=1S/C21H12Br2O2/c22-15-8-6-13(7-9-15)19-20(24)17-11-10-16(23)12-18(17)25-21(19)14-4-2-1-3-5-14/h1-12H. The Morgan fingerprint density at radius 2 is 1.40 bits per heavy atom. The Labute approximate surface area is 161 Å². The zero-order valence-electron chi connectivity index (χ0n) is 13.0. The number of hydrogen-bond donors (Lipinski definition) is 0. The van der Waals surface area contributed by atoms with E-state index < -0.39 is 0 Å². The third-order valence-corrected chi connectivity index (χ3v) is 5.05. The van der Waals surface area contributed by atoms with Crippen molar-refractivity contribution in [3.8, 4) is 22.5 Å². The minimum atomic E-state index is -0.0325. The third kappa shape index (κ3) is 3.08. The van der Waals surface area contributed by atoms with Crippen LogP contribution in [0.5, 0.6) is 0 Å². The van der Waals surface area contributed by atoms with Crippen molar-refractivity contribution >= 4 is 42.8 Å². The van der Waals surface area contributed by atoms with Gasteiger partial charge in [0.1, 0.15) is 11.3 Å². The van der Waals surface area contributed by atoms with Crippen molar-refractivity contribution in [1.29, 1.82) is 0 Å². The van der Waals surface area contributed by atoms with Gasteiger partial charge in [-0.05, 0) is 35.9 Å². The molecule has 0 aliphatic carbocycles. The van der Waals surface area contributed by atoms with Crippen molar-refractivity contribution < 1.29 is 4.42 Å². The molecule has 0 saturated carbocycles. The van der Waals surface area contributed by atoms with Gasteiger partial charge >= 0.3 is 0 Å². The SMILES string of the molecule is O=c1c(-c2ccc(Br)cc2)c(-c2ccccc2)oc2cc(Br)ccc12. The fourth-order valence-corrected chi connectivity index (χ4v) is 3.44. The smallest absolute Gasteiger partial charge is 0.201 e. The highest BCUT2D eigenvalue weighted by molar-refractivity contribution is 9.10. The fourth-order valence-electron chi connectivity index (χ4n) is 2.84. The first-order valence-electron chi connectivity index (χ1n) is 7.71.